The van der Waals surface area contributed by atoms with Crippen molar-refractivity contribution in [3.8, 4) is 28.8 Å². The van der Waals surface area contributed by atoms with Crippen LogP contribution in [0.5, 0.6) is 11.5 Å². The van der Waals surface area contributed by atoms with Crippen molar-refractivity contribution in [3.63, 3.8) is 0 Å². The lowest BCUT2D eigenvalue weighted by molar-refractivity contribution is 0.355. The number of allylic oxidation sites excluding steroid dienone is 1. The predicted molar refractivity (Wildman–Crippen MR) is 114 cm³/mol. The zero-order valence-corrected chi connectivity index (χ0v) is 17.3. The van der Waals surface area contributed by atoms with E-state index in [1.807, 2.05) is 23.6 Å². The molecule has 0 fully saturated rings. The monoisotopic (exact) mass is 431 g/mol. The molecule has 28 heavy (non-hydrogen) atoms. The number of halogens is 2. The van der Waals surface area contributed by atoms with Crippen molar-refractivity contribution in [1.29, 1.82) is 5.26 Å². The molecule has 0 spiro atoms. The Morgan fingerprint density at radius 1 is 1.18 bits per heavy atom. The minimum absolute atomic E-state index is 0.382. The molecule has 0 bridgehead atoms. The molecule has 1 N–H and O–H groups in total. The molecule has 3 rings (SSSR count). The molecule has 142 valence electrons. The number of hydrogen-bond acceptors (Lipinski definition) is 6. The SMILES string of the molecule is COc1ccc(-c2csc(/C(C#N)=C\Nc3cccc(Cl)c3Cl)n2)cc1OC. The van der Waals surface area contributed by atoms with E-state index in [1.54, 1.807) is 38.6 Å². The van der Waals surface area contributed by atoms with Crippen LogP contribution in [0.2, 0.25) is 10.0 Å². The first-order valence-electron chi connectivity index (χ1n) is 8.06. The van der Waals surface area contributed by atoms with E-state index in [4.69, 9.17) is 32.7 Å². The van der Waals surface area contributed by atoms with Crippen LogP contribution in [0, 0.1) is 11.3 Å². The van der Waals surface area contributed by atoms with Gasteiger partial charge < -0.3 is 14.8 Å². The van der Waals surface area contributed by atoms with Crippen molar-refractivity contribution in [2.75, 3.05) is 19.5 Å². The lowest BCUT2D eigenvalue weighted by Crippen LogP contribution is -1.93. The summed E-state index contributed by atoms with van der Waals surface area (Å²) in [5, 5.41) is 15.8. The average Bonchev–Trinajstić information content (AvgIpc) is 3.21. The van der Waals surface area contributed by atoms with Crippen LogP contribution in [-0.4, -0.2) is 19.2 Å². The molecule has 8 heteroatoms. The molecule has 0 radical (unpaired) electrons. The van der Waals surface area contributed by atoms with Gasteiger partial charge in [0.1, 0.15) is 16.6 Å². The standard InChI is InChI=1S/C20H15Cl2N3O2S/c1-26-17-7-6-12(8-18(17)27-2)16-11-28-20(25-16)13(9-23)10-24-15-5-3-4-14(21)19(15)22/h3-8,10-11,24H,1-2H3/b13-10-. The first-order valence-corrected chi connectivity index (χ1v) is 9.70. The number of hydrogen-bond donors (Lipinski definition) is 1. The molecule has 0 aliphatic rings. The normalized spacial score (nSPS) is 11.0. The number of aromatic nitrogens is 1. The van der Waals surface area contributed by atoms with E-state index in [2.05, 4.69) is 16.4 Å². The van der Waals surface area contributed by atoms with Crippen LogP contribution in [-0.2, 0) is 0 Å². The summed E-state index contributed by atoms with van der Waals surface area (Å²) in [5.74, 6) is 1.25. The second kappa shape index (κ2) is 8.98. The number of methoxy groups -OCH3 is 2. The first kappa shape index (κ1) is 20.0. The second-order valence-electron chi connectivity index (χ2n) is 5.52. The van der Waals surface area contributed by atoms with Crippen molar-refractivity contribution in [2.45, 2.75) is 0 Å². The molecule has 0 aliphatic heterocycles. The van der Waals surface area contributed by atoms with Crippen molar-refractivity contribution < 1.29 is 9.47 Å². The summed E-state index contributed by atoms with van der Waals surface area (Å²) < 4.78 is 10.6. The Hall–Kier alpha value is -2.72. The number of benzene rings is 2. The zero-order chi connectivity index (χ0) is 20.1. The lowest BCUT2D eigenvalue weighted by atomic mass is 10.1. The van der Waals surface area contributed by atoms with E-state index in [-0.39, 0.29) is 0 Å². The zero-order valence-electron chi connectivity index (χ0n) is 15.0. The fourth-order valence-corrected chi connectivity index (χ4v) is 3.58. The summed E-state index contributed by atoms with van der Waals surface area (Å²) >= 11 is 13.5. The molecular formula is C20H15Cl2N3O2S. The van der Waals surface area contributed by atoms with E-state index >= 15 is 0 Å². The second-order valence-corrected chi connectivity index (χ2v) is 7.17. The molecule has 5 nitrogen and oxygen atoms in total. The molecular weight excluding hydrogens is 417 g/mol. The van der Waals surface area contributed by atoms with Gasteiger partial charge in [-0.15, -0.1) is 11.3 Å². The van der Waals surface area contributed by atoms with E-state index in [0.717, 1.165) is 11.3 Å². The molecule has 0 atom stereocenters. The molecule has 0 amide bonds. The number of nitrogens with one attached hydrogen (secondary N) is 1. The number of thiazole rings is 1. The van der Waals surface area contributed by atoms with Crippen LogP contribution in [0.3, 0.4) is 0 Å². The molecule has 1 heterocycles. The summed E-state index contributed by atoms with van der Waals surface area (Å²) in [4.78, 5) is 4.57. The summed E-state index contributed by atoms with van der Waals surface area (Å²) in [7, 11) is 3.17. The smallest absolute Gasteiger partial charge is 0.161 e. The quantitative estimate of drug-likeness (QED) is 0.476. The van der Waals surface area contributed by atoms with Gasteiger partial charge in [-0.3, -0.25) is 0 Å². The van der Waals surface area contributed by atoms with Crippen LogP contribution in [0.1, 0.15) is 5.01 Å². The largest absolute Gasteiger partial charge is 0.493 e. The van der Waals surface area contributed by atoms with Crippen LogP contribution in [0.25, 0.3) is 16.8 Å². The Labute approximate surface area is 176 Å². The third-order valence-corrected chi connectivity index (χ3v) is 5.55. The van der Waals surface area contributed by atoms with Gasteiger partial charge in [-0.05, 0) is 30.3 Å². The van der Waals surface area contributed by atoms with Crippen LogP contribution in [0.4, 0.5) is 5.69 Å². The topological polar surface area (TPSA) is 67.2 Å². The number of nitriles is 1. The van der Waals surface area contributed by atoms with Gasteiger partial charge in [-0.2, -0.15) is 5.26 Å². The fraction of sp³-hybridized carbons (Fsp3) is 0.100. The third-order valence-electron chi connectivity index (χ3n) is 3.86. The van der Waals surface area contributed by atoms with Gasteiger partial charge in [-0.25, -0.2) is 4.98 Å². The van der Waals surface area contributed by atoms with Gasteiger partial charge in [0.15, 0.2) is 11.5 Å². The number of anilines is 1. The van der Waals surface area contributed by atoms with Crippen molar-refractivity contribution in [2.24, 2.45) is 0 Å². The van der Waals surface area contributed by atoms with Crippen LogP contribution in [0.15, 0.2) is 48.0 Å². The summed E-state index contributed by atoms with van der Waals surface area (Å²) in [6, 6.07) is 12.9. The van der Waals surface area contributed by atoms with Crippen molar-refractivity contribution in [1.82, 2.24) is 4.98 Å². The van der Waals surface area contributed by atoms with E-state index < -0.39 is 0 Å². The Bertz CT molecular complexity index is 1070. The Kier molecular flexibility index (Phi) is 6.42. The maximum absolute atomic E-state index is 9.52. The summed E-state index contributed by atoms with van der Waals surface area (Å²) in [6.07, 6.45) is 1.56. The minimum atomic E-state index is 0.382. The molecule has 3 aromatic rings. The van der Waals surface area contributed by atoms with Gasteiger partial charge in [0.25, 0.3) is 0 Å². The first-order chi connectivity index (χ1) is 13.6. The van der Waals surface area contributed by atoms with Gasteiger partial charge in [0.2, 0.25) is 0 Å². The Morgan fingerprint density at radius 3 is 2.68 bits per heavy atom. The van der Waals surface area contributed by atoms with Gasteiger partial charge in [0.05, 0.1) is 35.6 Å². The van der Waals surface area contributed by atoms with E-state index in [1.165, 1.54) is 11.3 Å². The highest BCUT2D eigenvalue weighted by atomic mass is 35.5. The molecule has 2 aromatic carbocycles. The Morgan fingerprint density at radius 2 is 1.96 bits per heavy atom. The van der Waals surface area contributed by atoms with E-state index in [9.17, 15) is 5.26 Å². The predicted octanol–water partition coefficient (Wildman–Crippen LogP) is 6.11. The number of rotatable bonds is 6. The van der Waals surface area contributed by atoms with Gasteiger partial charge in [-0.1, -0.05) is 29.3 Å². The lowest BCUT2D eigenvalue weighted by Gasteiger charge is -2.08. The van der Waals surface area contributed by atoms with Gasteiger partial charge in [0, 0.05) is 17.1 Å². The number of ether oxygens (including phenoxy) is 2. The molecule has 0 saturated heterocycles. The van der Waals surface area contributed by atoms with Crippen molar-refractivity contribution in [3.05, 3.63) is 63.0 Å². The van der Waals surface area contributed by atoms with Crippen molar-refractivity contribution >= 4 is 45.8 Å². The summed E-state index contributed by atoms with van der Waals surface area (Å²) in [6.45, 7) is 0. The highest BCUT2D eigenvalue weighted by Gasteiger charge is 2.12. The van der Waals surface area contributed by atoms with E-state index in [0.29, 0.717) is 37.8 Å². The maximum Gasteiger partial charge on any atom is 0.161 e. The number of nitrogens with zero attached hydrogens (tertiary/aromatic N) is 2. The molecule has 0 aliphatic carbocycles. The average molecular weight is 432 g/mol. The minimum Gasteiger partial charge on any atom is -0.493 e. The highest BCUT2D eigenvalue weighted by Crippen LogP contribution is 2.34. The Balaban J connectivity index is 1.87. The van der Waals surface area contributed by atoms with Crippen LogP contribution < -0.4 is 14.8 Å². The highest BCUT2D eigenvalue weighted by molar-refractivity contribution is 7.11. The molecule has 0 unspecified atom stereocenters. The molecule has 1 aromatic heterocycles. The molecule has 0 saturated carbocycles. The third kappa shape index (κ3) is 4.23. The van der Waals surface area contributed by atoms with Crippen LogP contribution >= 0.6 is 34.5 Å². The fourth-order valence-electron chi connectivity index (χ4n) is 2.43. The van der Waals surface area contributed by atoms with Gasteiger partial charge >= 0.3 is 0 Å². The maximum atomic E-state index is 9.52. The summed E-state index contributed by atoms with van der Waals surface area (Å²) in [5.41, 5.74) is 2.59.